The van der Waals surface area contributed by atoms with Gasteiger partial charge in [0.2, 0.25) is 10.0 Å². The van der Waals surface area contributed by atoms with Gasteiger partial charge in [0.15, 0.2) is 0 Å². The highest BCUT2D eigenvalue weighted by Gasteiger charge is 2.26. The standard InChI is InChI=1S/C17H21ClN2O4S/c1-12(2)20(4)25(22,23)14-7-8-16(18)15(10-14)17(21)19(3)11-13-6-5-9-24-13/h5-10,12H,11H2,1-4H3. The molecule has 0 spiro atoms. The first-order chi connectivity index (χ1) is 11.6. The van der Waals surface area contributed by atoms with E-state index in [1.54, 1.807) is 33.0 Å². The molecule has 0 radical (unpaired) electrons. The van der Waals surface area contributed by atoms with E-state index in [4.69, 9.17) is 16.0 Å². The van der Waals surface area contributed by atoms with Crippen molar-refractivity contribution in [2.45, 2.75) is 31.3 Å². The van der Waals surface area contributed by atoms with Crippen LogP contribution in [0.2, 0.25) is 5.02 Å². The Morgan fingerprint density at radius 1 is 1.24 bits per heavy atom. The van der Waals surface area contributed by atoms with Crippen molar-refractivity contribution in [1.82, 2.24) is 9.21 Å². The van der Waals surface area contributed by atoms with Crippen LogP contribution in [0.3, 0.4) is 0 Å². The van der Waals surface area contributed by atoms with E-state index in [1.807, 2.05) is 0 Å². The molecule has 0 bridgehead atoms. The minimum atomic E-state index is -3.70. The molecular formula is C17H21ClN2O4S. The van der Waals surface area contributed by atoms with Crippen molar-refractivity contribution in [2.24, 2.45) is 0 Å². The summed E-state index contributed by atoms with van der Waals surface area (Å²) >= 11 is 6.13. The summed E-state index contributed by atoms with van der Waals surface area (Å²) in [6, 6.07) is 7.43. The molecule has 6 nitrogen and oxygen atoms in total. The maximum atomic E-state index is 12.7. The number of sulfonamides is 1. The molecule has 25 heavy (non-hydrogen) atoms. The highest BCUT2D eigenvalue weighted by atomic mass is 35.5. The van der Waals surface area contributed by atoms with Crippen LogP contribution in [0.15, 0.2) is 45.9 Å². The molecule has 0 fully saturated rings. The first-order valence-corrected chi connectivity index (χ1v) is 9.52. The third kappa shape index (κ3) is 4.23. The first kappa shape index (κ1) is 19.5. The van der Waals surface area contributed by atoms with E-state index < -0.39 is 10.0 Å². The van der Waals surface area contributed by atoms with Gasteiger partial charge in [-0.3, -0.25) is 4.79 Å². The summed E-state index contributed by atoms with van der Waals surface area (Å²) in [5.41, 5.74) is 0.133. The summed E-state index contributed by atoms with van der Waals surface area (Å²) in [5, 5.41) is 0.197. The number of halogens is 1. The smallest absolute Gasteiger partial charge is 0.255 e. The van der Waals surface area contributed by atoms with E-state index in [0.717, 1.165) is 0 Å². The maximum absolute atomic E-state index is 12.7. The van der Waals surface area contributed by atoms with Gasteiger partial charge in [-0.05, 0) is 44.2 Å². The van der Waals surface area contributed by atoms with Gasteiger partial charge in [-0.1, -0.05) is 11.6 Å². The van der Waals surface area contributed by atoms with E-state index in [9.17, 15) is 13.2 Å². The molecule has 0 saturated carbocycles. The van der Waals surface area contributed by atoms with Gasteiger partial charge in [0.05, 0.1) is 28.3 Å². The third-order valence-electron chi connectivity index (χ3n) is 3.89. The number of hydrogen-bond donors (Lipinski definition) is 0. The quantitative estimate of drug-likeness (QED) is 0.766. The van der Waals surface area contributed by atoms with Crippen LogP contribution < -0.4 is 0 Å². The summed E-state index contributed by atoms with van der Waals surface area (Å²) in [5.74, 6) is 0.237. The summed E-state index contributed by atoms with van der Waals surface area (Å²) in [7, 11) is -0.602. The Kier molecular flexibility index (Phi) is 5.92. The van der Waals surface area contributed by atoms with Gasteiger partial charge in [0.1, 0.15) is 5.76 Å². The Balaban J connectivity index is 2.34. The summed E-state index contributed by atoms with van der Waals surface area (Å²) in [4.78, 5) is 14.1. The zero-order valence-electron chi connectivity index (χ0n) is 14.6. The van der Waals surface area contributed by atoms with Crippen molar-refractivity contribution in [3.8, 4) is 0 Å². The molecule has 0 unspecified atom stereocenters. The number of hydrogen-bond acceptors (Lipinski definition) is 4. The minimum absolute atomic E-state index is 0.0304. The molecule has 8 heteroatoms. The van der Waals surface area contributed by atoms with Crippen molar-refractivity contribution >= 4 is 27.5 Å². The molecule has 0 aliphatic carbocycles. The number of amides is 1. The van der Waals surface area contributed by atoms with Gasteiger partial charge in [-0.25, -0.2) is 8.42 Å². The van der Waals surface area contributed by atoms with Gasteiger partial charge in [0.25, 0.3) is 5.91 Å². The van der Waals surface area contributed by atoms with E-state index >= 15 is 0 Å². The minimum Gasteiger partial charge on any atom is -0.467 e. The molecule has 0 saturated heterocycles. The Morgan fingerprint density at radius 3 is 2.48 bits per heavy atom. The number of nitrogens with zero attached hydrogens (tertiary/aromatic N) is 2. The van der Waals surface area contributed by atoms with Crippen LogP contribution in [0.1, 0.15) is 30.0 Å². The van der Waals surface area contributed by atoms with Crippen LogP contribution in [0, 0.1) is 0 Å². The largest absolute Gasteiger partial charge is 0.467 e. The predicted octanol–water partition coefficient (Wildman–Crippen LogP) is 3.23. The topological polar surface area (TPSA) is 70.8 Å². The monoisotopic (exact) mass is 384 g/mol. The molecule has 2 aromatic rings. The van der Waals surface area contributed by atoms with Gasteiger partial charge in [0, 0.05) is 20.1 Å². The molecule has 0 aliphatic rings. The fourth-order valence-corrected chi connectivity index (χ4v) is 3.78. The van der Waals surface area contributed by atoms with E-state index in [2.05, 4.69) is 0 Å². The third-order valence-corrected chi connectivity index (χ3v) is 6.25. The number of carbonyl (C=O) groups excluding carboxylic acids is 1. The number of rotatable bonds is 6. The van der Waals surface area contributed by atoms with Crippen molar-refractivity contribution in [2.75, 3.05) is 14.1 Å². The highest BCUT2D eigenvalue weighted by molar-refractivity contribution is 7.89. The molecule has 136 valence electrons. The predicted molar refractivity (Wildman–Crippen MR) is 96.0 cm³/mol. The molecule has 1 amide bonds. The zero-order valence-corrected chi connectivity index (χ0v) is 16.1. The Morgan fingerprint density at radius 2 is 1.92 bits per heavy atom. The zero-order chi connectivity index (χ0) is 18.8. The lowest BCUT2D eigenvalue weighted by molar-refractivity contribution is 0.0775. The van der Waals surface area contributed by atoms with Crippen LogP contribution in [-0.4, -0.2) is 43.7 Å². The fraction of sp³-hybridized carbons (Fsp3) is 0.353. The maximum Gasteiger partial charge on any atom is 0.255 e. The molecule has 1 aromatic carbocycles. The number of furan rings is 1. The molecule has 0 atom stereocenters. The highest BCUT2D eigenvalue weighted by Crippen LogP contribution is 2.24. The van der Waals surface area contributed by atoms with Crippen molar-refractivity contribution in [1.29, 1.82) is 0 Å². The number of benzene rings is 1. The Labute approximate surface area is 153 Å². The van der Waals surface area contributed by atoms with Crippen LogP contribution in [0.4, 0.5) is 0 Å². The average Bonchev–Trinajstić information content (AvgIpc) is 3.06. The molecule has 0 aliphatic heterocycles. The molecular weight excluding hydrogens is 364 g/mol. The lowest BCUT2D eigenvalue weighted by Crippen LogP contribution is -2.33. The first-order valence-electron chi connectivity index (χ1n) is 7.70. The second kappa shape index (κ2) is 7.59. The normalized spacial score (nSPS) is 12.0. The fourth-order valence-electron chi connectivity index (χ4n) is 2.19. The van der Waals surface area contributed by atoms with Crippen molar-refractivity contribution < 1.29 is 17.6 Å². The van der Waals surface area contributed by atoms with Crippen molar-refractivity contribution in [3.63, 3.8) is 0 Å². The average molecular weight is 385 g/mol. The molecule has 1 aromatic heterocycles. The molecule has 0 N–H and O–H groups in total. The molecule has 2 rings (SSSR count). The van der Waals surface area contributed by atoms with Gasteiger partial charge >= 0.3 is 0 Å². The van der Waals surface area contributed by atoms with Crippen LogP contribution in [0.25, 0.3) is 0 Å². The lowest BCUT2D eigenvalue weighted by atomic mass is 10.2. The van der Waals surface area contributed by atoms with Crippen LogP contribution in [-0.2, 0) is 16.6 Å². The van der Waals surface area contributed by atoms with E-state index in [1.165, 1.54) is 40.7 Å². The second-order valence-corrected chi connectivity index (χ2v) is 8.40. The van der Waals surface area contributed by atoms with Gasteiger partial charge in [-0.15, -0.1) is 0 Å². The summed E-state index contributed by atoms with van der Waals surface area (Å²) in [6.07, 6.45) is 1.52. The van der Waals surface area contributed by atoms with Crippen LogP contribution >= 0.6 is 11.6 Å². The van der Waals surface area contributed by atoms with Crippen molar-refractivity contribution in [3.05, 3.63) is 52.9 Å². The summed E-state index contributed by atoms with van der Waals surface area (Å²) in [6.45, 7) is 3.80. The number of carbonyl (C=O) groups is 1. The Hall–Kier alpha value is -1.83. The molecule has 1 heterocycles. The van der Waals surface area contributed by atoms with E-state index in [-0.39, 0.29) is 34.0 Å². The SMILES string of the molecule is CC(C)N(C)S(=O)(=O)c1ccc(Cl)c(C(=O)N(C)Cc2ccco2)c1. The summed E-state index contributed by atoms with van der Waals surface area (Å²) < 4.78 is 31.7. The van der Waals surface area contributed by atoms with Gasteiger partial charge in [-0.2, -0.15) is 4.31 Å². The van der Waals surface area contributed by atoms with E-state index in [0.29, 0.717) is 5.76 Å². The van der Waals surface area contributed by atoms with Crippen LogP contribution in [0.5, 0.6) is 0 Å². The Bertz CT molecular complexity index is 848. The van der Waals surface area contributed by atoms with Gasteiger partial charge < -0.3 is 9.32 Å². The second-order valence-electron chi connectivity index (χ2n) is 6.00. The lowest BCUT2D eigenvalue weighted by Gasteiger charge is -2.22.